The van der Waals surface area contributed by atoms with Gasteiger partial charge in [-0.2, -0.15) is 0 Å². The zero-order valence-electron chi connectivity index (χ0n) is 6.71. The molecule has 0 unspecified atom stereocenters. The molecule has 0 N–H and O–H groups in total. The van der Waals surface area contributed by atoms with Gasteiger partial charge >= 0.3 is 0 Å². The number of hydrogen-bond donors (Lipinski definition) is 0. The topological polar surface area (TPSA) is 25.8 Å². The summed E-state index contributed by atoms with van der Waals surface area (Å²) in [6.07, 6.45) is 1.41. The summed E-state index contributed by atoms with van der Waals surface area (Å²) in [4.78, 5) is 7.76. The molecule has 0 aliphatic heterocycles. The third kappa shape index (κ3) is 1.97. The van der Waals surface area contributed by atoms with Crippen LogP contribution in [0.4, 0.5) is 4.39 Å². The minimum Gasteiger partial charge on any atom is -0.244 e. The van der Waals surface area contributed by atoms with Crippen molar-refractivity contribution in [2.45, 2.75) is 26.4 Å². The van der Waals surface area contributed by atoms with E-state index < -0.39 is 6.67 Å². The van der Waals surface area contributed by atoms with Crippen LogP contribution in [-0.2, 0) is 6.67 Å². The molecular formula is C8H11FN2. The first kappa shape index (κ1) is 8.11. The highest BCUT2D eigenvalue weighted by Crippen LogP contribution is 2.11. The molecule has 0 fully saturated rings. The molecule has 0 atom stereocenters. The molecule has 1 aromatic rings. The Morgan fingerprint density at radius 3 is 2.73 bits per heavy atom. The van der Waals surface area contributed by atoms with Gasteiger partial charge < -0.3 is 0 Å². The maximum atomic E-state index is 12.1. The predicted octanol–water partition coefficient (Wildman–Crippen LogP) is 2.07. The van der Waals surface area contributed by atoms with E-state index in [2.05, 4.69) is 9.97 Å². The molecule has 60 valence electrons. The maximum Gasteiger partial charge on any atom is 0.132 e. The minimum atomic E-state index is -0.512. The smallest absolute Gasteiger partial charge is 0.132 e. The molecule has 1 heterocycles. The third-order valence-corrected chi connectivity index (χ3v) is 1.47. The van der Waals surface area contributed by atoms with E-state index in [0.29, 0.717) is 11.6 Å². The van der Waals surface area contributed by atoms with Gasteiger partial charge in [0.1, 0.15) is 13.0 Å². The fourth-order valence-electron chi connectivity index (χ4n) is 0.804. The average molecular weight is 154 g/mol. The Kier molecular flexibility index (Phi) is 2.52. The molecule has 0 amide bonds. The highest BCUT2D eigenvalue weighted by atomic mass is 19.1. The van der Waals surface area contributed by atoms with Crippen LogP contribution < -0.4 is 0 Å². The molecule has 0 aliphatic rings. The largest absolute Gasteiger partial charge is 0.244 e. The summed E-state index contributed by atoms with van der Waals surface area (Å²) < 4.78 is 12.1. The Labute approximate surface area is 65.5 Å². The molecule has 0 aromatic carbocycles. The molecule has 0 spiro atoms. The maximum absolute atomic E-state index is 12.1. The second-order valence-electron chi connectivity index (χ2n) is 2.72. The summed E-state index contributed by atoms with van der Waals surface area (Å²) in [5, 5.41) is 0. The summed E-state index contributed by atoms with van der Waals surface area (Å²) in [7, 11) is 0. The van der Waals surface area contributed by atoms with E-state index in [1.165, 1.54) is 6.33 Å². The van der Waals surface area contributed by atoms with Crippen molar-refractivity contribution in [3.8, 4) is 0 Å². The molecule has 1 rings (SSSR count). The number of halogens is 1. The highest BCUT2D eigenvalue weighted by Gasteiger charge is 2.01. The van der Waals surface area contributed by atoms with Crippen LogP contribution in [0.3, 0.4) is 0 Å². The monoisotopic (exact) mass is 154 g/mol. The van der Waals surface area contributed by atoms with Crippen molar-refractivity contribution in [1.29, 1.82) is 0 Å². The Morgan fingerprint density at radius 1 is 1.45 bits per heavy atom. The van der Waals surface area contributed by atoms with Crippen LogP contribution in [0, 0.1) is 0 Å². The molecular weight excluding hydrogens is 143 g/mol. The lowest BCUT2D eigenvalue weighted by molar-refractivity contribution is 0.474. The zero-order chi connectivity index (χ0) is 8.27. The van der Waals surface area contributed by atoms with Gasteiger partial charge in [-0.1, -0.05) is 13.8 Å². The summed E-state index contributed by atoms with van der Waals surface area (Å²) in [6.45, 7) is 3.52. The molecule has 0 bridgehead atoms. The summed E-state index contributed by atoms with van der Waals surface area (Å²) in [6, 6.07) is 1.70. The van der Waals surface area contributed by atoms with E-state index in [0.717, 1.165) is 5.69 Å². The molecule has 0 saturated carbocycles. The van der Waals surface area contributed by atoms with Crippen molar-refractivity contribution in [2.24, 2.45) is 0 Å². The van der Waals surface area contributed by atoms with Gasteiger partial charge in [-0.3, -0.25) is 0 Å². The number of rotatable bonds is 2. The molecule has 0 saturated heterocycles. The van der Waals surface area contributed by atoms with E-state index >= 15 is 0 Å². The van der Waals surface area contributed by atoms with Crippen molar-refractivity contribution >= 4 is 0 Å². The molecule has 1 aromatic heterocycles. The lowest BCUT2D eigenvalue weighted by Gasteiger charge is -2.03. The van der Waals surface area contributed by atoms with Crippen LogP contribution in [-0.4, -0.2) is 9.97 Å². The lowest BCUT2D eigenvalue weighted by Crippen LogP contribution is -1.95. The first-order valence-electron chi connectivity index (χ1n) is 3.61. The second kappa shape index (κ2) is 3.42. The van der Waals surface area contributed by atoms with Gasteiger partial charge in [0.25, 0.3) is 0 Å². The number of aromatic nitrogens is 2. The van der Waals surface area contributed by atoms with E-state index in [1.807, 2.05) is 13.8 Å². The minimum absolute atomic E-state index is 0.336. The van der Waals surface area contributed by atoms with Crippen LogP contribution in [0.25, 0.3) is 0 Å². The molecule has 3 heteroatoms. The summed E-state index contributed by atoms with van der Waals surface area (Å²) in [5.41, 5.74) is 1.36. The van der Waals surface area contributed by atoms with Crippen LogP contribution in [0.15, 0.2) is 12.4 Å². The molecule has 0 radical (unpaired) electrons. The molecule has 2 nitrogen and oxygen atoms in total. The van der Waals surface area contributed by atoms with Gasteiger partial charge in [-0.15, -0.1) is 0 Å². The number of hydrogen-bond acceptors (Lipinski definition) is 2. The Morgan fingerprint density at radius 2 is 2.18 bits per heavy atom. The van der Waals surface area contributed by atoms with Crippen LogP contribution in [0.2, 0.25) is 0 Å². The normalized spacial score (nSPS) is 10.5. The van der Waals surface area contributed by atoms with Gasteiger partial charge in [0.05, 0.1) is 5.69 Å². The van der Waals surface area contributed by atoms with Crippen molar-refractivity contribution in [3.05, 3.63) is 23.8 Å². The van der Waals surface area contributed by atoms with Gasteiger partial charge in [-0.05, 0) is 12.0 Å². The zero-order valence-corrected chi connectivity index (χ0v) is 6.71. The fraction of sp³-hybridized carbons (Fsp3) is 0.500. The molecule has 0 aliphatic carbocycles. The number of nitrogens with zero attached hydrogens (tertiary/aromatic N) is 2. The number of alkyl halides is 1. The summed E-state index contributed by atoms with van der Waals surface area (Å²) >= 11 is 0. The first-order valence-corrected chi connectivity index (χ1v) is 3.61. The van der Waals surface area contributed by atoms with Crippen molar-refractivity contribution in [2.75, 3.05) is 0 Å². The first-order chi connectivity index (χ1) is 5.24. The third-order valence-electron chi connectivity index (χ3n) is 1.47. The molecule has 11 heavy (non-hydrogen) atoms. The van der Waals surface area contributed by atoms with E-state index in [9.17, 15) is 4.39 Å². The Hall–Kier alpha value is -0.990. The lowest BCUT2D eigenvalue weighted by atomic mass is 10.1. The SMILES string of the molecule is CC(C)c1cc(CF)ncn1. The van der Waals surface area contributed by atoms with Crippen molar-refractivity contribution < 1.29 is 4.39 Å². The van der Waals surface area contributed by atoms with Gasteiger partial charge in [0.15, 0.2) is 0 Å². The summed E-state index contributed by atoms with van der Waals surface area (Å²) in [5.74, 6) is 0.336. The van der Waals surface area contributed by atoms with E-state index in [4.69, 9.17) is 0 Å². The van der Waals surface area contributed by atoms with Crippen LogP contribution >= 0.6 is 0 Å². The second-order valence-corrected chi connectivity index (χ2v) is 2.72. The van der Waals surface area contributed by atoms with E-state index in [-0.39, 0.29) is 0 Å². The standard InChI is InChI=1S/C8H11FN2/c1-6(2)8-3-7(4-9)10-5-11-8/h3,5-6H,4H2,1-2H3. The quantitative estimate of drug-likeness (QED) is 0.651. The van der Waals surface area contributed by atoms with Crippen LogP contribution in [0.5, 0.6) is 0 Å². The average Bonchev–Trinajstić information content (AvgIpc) is 2.05. The van der Waals surface area contributed by atoms with Gasteiger partial charge in [-0.25, -0.2) is 14.4 Å². The highest BCUT2D eigenvalue weighted by molar-refractivity contribution is 5.10. The van der Waals surface area contributed by atoms with E-state index in [1.54, 1.807) is 6.07 Å². The van der Waals surface area contributed by atoms with Crippen LogP contribution in [0.1, 0.15) is 31.2 Å². The predicted molar refractivity (Wildman–Crippen MR) is 40.9 cm³/mol. The Balaban J connectivity index is 2.91. The van der Waals surface area contributed by atoms with Gasteiger partial charge in [0, 0.05) is 5.69 Å². The van der Waals surface area contributed by atoms with Gasteiger partial charge in [0.2, 0.25) is 0 Å². The fourth-order valence-corrected chi connectivity index (χ4v) is 0.804. The van der Waals surface area contributed by atoms with Crippen molar-refractivity contribution in [3.63, 3.8) is 0 Å². The Bertz CT molecular complexity index is 235. The van der Waals surface area contributed by atoms with Crippen molar-refractivity contribution in [1.82, 2.24) is 9.97 Å².